The van der Waals surface area contributed by atoms with Crippen LogP contribution in [0.1, 0.15) is 35.0 Å². The molecule has 13 rings (SSSR count). The number of hydrogen-bond acceptors (Lipinski definition) is 1. The molecule has 2 aliphatic carbocycles. The number of aryl methyl sites for hydroxylation is 1. The van der Waals surface area contributed by atoms with E-state index in [2.05, 4.69) is 224 Å². The molecule has 2 aliphatic rings. The molecule has 11 aromatic rings. The zero-order chi connectivity index (χ0) is 40.9. The third kappa shape index (κ3) is 4.78. The molecule has 0 saturated heterocycles. The smallest absolute Gasteiger partial charge is 0.114 e. The Morgan fingerprint density at radius 2 is 0.903 bits per heavy atom. The highest BCUT2D eigenvalue weighted by Gasteiger charge is 2.51. The minimum atomic E-state index is -0.421. The van der Waals surface area contributed by atoms with Crippen LogP contribution in [0.3, 0.4) is 0 Å². The second-order valence-electron chi connectivity index (χ2n) is 16.8. The molecule has 1 heterocycles. The molecule has 2 nitrogen and oxygen atoms in total. The van der Waals surface area contributed by atoms with Gasteiger partial charge in [0.2, 0.25) is 0 Å². The third-order valence-corrected chi connectivity index (χ3v) is 13.8. The van der Waals surface area contributed by atoms with Crippen LogP contribution in [0.25, 0.3) is 93.9 Å². The normalized spacial score (nSPS) is 13.1. The Balaban J connectivity index is 1.08. The lowest BCUT2D eigenvalue weighted by Crippen LogP contribution is -2.25. The molecule has 0 N–H and O–H groups in total. The lowest BCUT2D eigenvalue weighted by Gasteiger charge is -2.31. The molecule has 1 spiro atoms. The quantitative estimate of drug-likeness (QED) is 0.159. The summed E-state index contributed by atoms with van der Waals surface area (Å²) in [5.74, 6) is 1.07. The van der Waals surface area contributed by atoms with Crippen LogP contribution in [0.2, 0.25) is 0 Å². The molecule has 0 bridgehead atoms. The lowest BCUT2D eigenvalue weighted by atomic mass is 9.70. The van der Waals surface area contributed by atoms with Crippen LogP contribution in [0.5, 0.6) is 0 Å². The largest absolute Gasteiger partial charge is 0.296 e. The van der Waals surface area contributed by atoms with Gasteiger partial charge in [-0.05, 0) is 136 Å². The number of rotatable bonds is 5. The second kappa shape index (κ2) is 13.3. The van der Waals surface area contributed by atoms with Gasteiger partial charge in [0.25, 0.3) is 0 Å². The SMILES string of the molecule is CCc1nc2ccccc2n1-c1ccc(-c2c3ccccc3c(-c3ccc4c(c3)C3(c5ccccc5-c5ccccc53)c3ccccc3-4)c3cc(-c4ccccc4)ccc23)cc1. The fourth-order valence-electron chi connectivity index (χ4n) is 11.2. The molecule has 290 valence electrons. The van der Waals surface area contributed by atoms with Crippen molar-refractivity contribution in [3.8, 4) is 61.3 Å². The van der Waals surface area contributed by atoms with E-state index in [0.29, 0.717) is 0 Å². The Bertz CT molecular complexity index is 3550. The van der Waals surface area contributed by atoms with Gasteiger partial charge >= 0.3 is 0 Å². The molecule has 10 aromatic carbocycles. The van der Waals surface area contributed by atoms with Gasteiger partial charge in [0.05, 0.1) is 16.4 Å². The topological polar surface area (TPSA) is 17.8 Å². The Morgan fingerprint density at radius 1 is 0.387 bits per heavy atom. The first-order chi connectivity index (χ1) is 30.7. The molecule has 1 aromatic heterocycles. The Kier molecular flexibility index (Phi) is 7.53. The van der Waals surface area contributed by atoms with Crippen molar-refractivity contribution < 1.29 is 0 Å². The summed E-state index contributed by atoms with van der Waals surface area (Å²) in [4.78, 5) is 4.98. The monoisotopic (exact) mass is 788 g/mol. The van der Waals surface area contributed by atoms with Gasteiger partial charge in [-0.2, -0.15) is 0 Å². The van der Waals surface area contributed by atoms with E-state index in [9.17, 15) is 0 Å². The highest BCUT2D eigenvalue weighted by molar-refractivity contribution is 6.22. The van der Waals surface area contributed by atoms with Crippen LogP contribution < -0.4 is 0 Å². The van der Waals surface area contributed by atoms with E-state index in [-0.39, 0.29) is 0 Å². The van der Waals surface area contributed by atoms with E-state index in [4.69, 9.17) is 4.98 Å². The summed E-state index contributed by atoms with van der Waals surface area (Å²) >= 11 is 0. The van der Waals surface area contributed by atoms with Crippen molar-refractivity contribution in [1.29, 1.82) is 0 Å². The summed E-state index contributed by atoms with van der Waals surface area (Å²) in [5, 5.41) is 4.97. The number of fused-ring (bicyclic) bond motifs is 13. The molecule has 0 amide bonds. The Labute approximate surface area is 361 Å². The molecule has 0 unspecified atom stereocenters. The minimum absolute atomic E-state index is 0.421. The van der Waals surface area contributed by atoms with Crippen LogP contribution in [0.15, 0.2) is 212 Å². The standard InChI is InChI=1S/C60H40N2/c1-2-57-61-55-26-14-15-27-56(55)62(57)42-32-28-39(29-33-42)58-47-21-6-7-22-48(47)59(50-36-40(30-35-49(50)58)38-16-4-3-5-17-38)41-31-34-46-45-20-10-13-25-53(45)60(54(46)37-41)51-23-11-8-18-43(51)44-19-9-12-24-52(44)60/h3-37H,2H2,1H3. The van der Waals surface area contributed by atoms with Crippen molar-refractivity contribution in [3.63, 3.8) is 0 Å². The van der Waals surface area contributed by atoms with Gasteiger partial charge in [-0.1, -0.05) is 183 Å². The summed E-state index contributed by atoms with van der Waals surface area (Å²) in [5.41, 5.74) is 20.9. The average Bonchev–Trinajstić information content (AvgIpc) is 3.97. The van der Waals surface area contributed by atoms with Gasteiger partial charge in [-0.3, -0.25) is 4.57 Å². The molecule has 0 atom stereocenters. The molecule has 0 aliphatic heterocycles. The summed E-state index contributed by atoms with van der Waals surface area (Å²) in [7, 11) is 0. The van der Waals surface area contributed by atoms with Crippen molar-refractivity contribution in [2.24, 2.45) is 0 Å². The predicted molar refractivity (Wildman–Crippen MR) is 258 cm³/mol. The van der Waals surface area contributed by atoms with Crippen molar-refractivity contribution in [1.82, 2.24) is 9.55 Å². The van der Waals surface area contributed by atoms with Gasteiger partial charge in [0, 0.05) is 12.1 Å². The van der Waals surface area contributed by atoms with Gasteiger partial charge in [0.15, 0.2) is 0 Å². The maximum Gasteiger partial charge on any atom is 0.114 e. The number of hydrogen-bond donors (Lipinski definition) is 0. The van der Waals surface area contributed by atoms with Crippen LogP contribution in [-0.4, -0.2) is 9.55 Å². The van der Waals surface area contributed by atoms with E-state index in [1.54, 1.807) is 0 Å². The van der Waals surface area contributed by atoms with E-state index in [1.165, 1.54) is 99.4 Å². The first-order valence-corrected chi connectivity index (χ1v) is 21.8. The van der Waals surface area contributed by atoms with Gasteiger partial charge in [-0.15, -0.1) is 0 Å². The molecular formula is C60H40N2. The summed E-state index contributed by atoms with van der Waals surface area (Å²) in [6.07, 6.45) is 0.853. The maximum atomic E-state index is 4.98. The molecule has 0 radical (unpaired) electrons. The Hall–Kier alpha value is -7.81. The van der Waals surface area contributed by atoms with Crippen molar-refractivity contribution in [2.45, 2.75) is 18.8 Å². The first-order valence-electron chi connectivity index (χ1n) is 21.8. The Morgan fingerprint density at radius 3 is 1.56 bits per heavy atom. The zero-order valence-corrected chi connectivity index (χ0v) is 34.3. The molecule has 0 saturated carbocycles. The van der Waals surface area contributed by atoms with Crippen LogP contribution in [0, 0.1) is 0 Å². The maximum absolute atomic E-state index is 4.98. The highest BCUT2D eigenvalue weighted by atomic mass is 15.1. The summed E-state index contributed by atoms with van der Waals surface area (Å²) in [6.45, 7) is 2.18. The van der Waals surface area contributed by atoms with E-state index >= 15 is 0 Å². The van der Waals surface area contributed by atoms with Crippen molar-refractivity contribution in [3.05, 3.63) is 240 Å². The molecular weight excluding hydrogens is 749 g/mol. The predicted octanol–water partition coefficient (Wildman–Crippen LogP) is 15.2. The molecule has 2 heteroatoms. The number of aromatic nitrogens is 2. The van der Waals surface area contributed by atoms with Crippen LogP contribution in [-0.2, 0) is 11.8 Å². The van der Waals surface area contributed by atoms with Gasteiger partial charge in [0.1, 0.15) is 5.82 Å². The van der Waals surface area contributed by atoms with Crippen molar-refractivity contribution >= 4 is 32.6 Å². The van der Waals surface area contributed by atoms with Crippen molar-refractivity contribution in [2.75, 3.05) is 0 Å². The summed E-state index contributed by atoms with van der Waals surface area (Å²) in [6, 6.07) is 79.1. The average molecular weight is 789 g/mol. The fourth-order valence-corrected chi connectivity index (χ4v) is 11.2. The first kappa shape index (κ1) is 35.0. The highest BCUT2D eigenvalue weighted by Crippen LogP contribution is 2.63. The van der Waals surface area contributed by atoms with Crippen LogP contribution >= 0.6 is 0 Å². The zero-order valence-electron chi connectivity index (χ0n) is 34.3. The molecule has 0 fully saturated rings. The van der Waals surface area contributed by atoms with Crippen LogP contribution in [0.4, 0.5) is 0 Å². The van der Waals surface area contributed by atoms with E-state index in [0.717, 1.165) is 29.0 Å². The third-order valence-electron chi connectivity index (χ3n) is 13.8. The number of benzene rings is 10. The molecule has 62 heavy (non-hydrogen) atoms. The second-order valence-corrected chi connectivity index (χ2v) is 16.8. The van der Waals surface area contributed by atoms with Gasteiger partial charge in [-0.25, -0.2) is 4.98 Å². The van der Waals surface area contributed by atoms with E-state index < -0.39 is 5.41 Å². The summed E-state index contributed by atoms with van der Waals surface area (Å²) < 4.78 is 2.31. The van der Waals surface area contributed by atoms with E-state index in [1.807, 2.05) is 0 Å². The lowest BCUT2D eigenvalue weighted by molar-refractivity contribution is 0.794. The number of para-hydroxylation sites is 2. The number of imidazole rings is 1. The fraction of sp³-hybridized carbons (Fsp3) is 0.0500. The number of nitrogens with zero attached hydrogens (tertiary/aromatic N) is 2. The van der Waals surface area contributed by atoms with Gasteiger partial charge < -0.3 is 0 Å². The minimum Gasteiger partial charge on any atom is -0.296 e.